The third-order valence-corrected chi connectivity index (χ3v) is 2.70. The van der Waals surface area contributed by atoms with E-state index in [9.17, 15) is 9.59 Å². The minimum absolute atomic E-state index is 0.0890. The fourth-order valence-corrected chi connectivity index (χ4v) is 1.72. The Balaban J connectivity index is 2.18. The van der Waals surface area contributed by atoms with Crippen LogP contribution < -0.4 is 0 Å². The molecule has 1 aliphatic heterocycles. The van der Waals surface area contributed by atoms with Crippen LogP contribution in [0.15, 0.2) is 0 Å². The van der Waals surface area contributed by atoms with Crippen molar-refractivity contribution >= 4 is 11.9 Å². The Kier molecular flexibility index (Phi) is 5.93. The van der Waals surface area contributed by atoms with E-state index in [-0.39, 0.29) is 12.3 Å². The van der Waals surface area contributed by atoms with E-state index < -0.39 is 5.97 Å². The molecule has 1 amide bonds. The van der Waals surface area contributed by atoms with Crippen molar-refractivity contribution in [3.8, 4) is 0 Å². The van der Waals surface area contributed by atoms with Gasteiger partial charge >= 0.3 is 5.97 Å². The van der Waals surface area contributed by atoms with Gasteiger partial charge in [0.1, 0.15) is 0 Å². The minimum atomic E-state index is -0.794. The summed E-state index contributed by atoms with van der Waals surface area (Å²) in [6.07, 6.45) is 0.721. The number of carboxylic acid groups (broad SMARTS) is 1. The van der Waals surface area contributed by atoms with Gasteiger partial charge in [0.2, 0.25) is 5.91 Å². The van der Waals surface area contributed by atoms with Gasteiger partial charge in [-0.3, -0.25) is 14.5 Å². The third kappa shape index (κ3) is 5.65. The molecule has 1 N–H and O–H groups in total. The van der Waals surface area contributed by atoms with Crippen molar-refractivity contribution in [3.05, 3.63) is 0 Å². The number of aliphatic carboxylic acids is 1. The summed E-state index contributed by atoms with van der Waals surface area (Å²) in [4.78, 5) is 25.8. The molecule has 0 aromatic rings. The van der Waals surface area contributed by atoms with Crippen LogP contribution in [0.1, 0.15) is 12.8 Å². The topological polar surface area (TPSA) is 70.1 Å². The van der Waals surface area contributed by atoms with Gasteiger partial charge in [-0.05, 0) is 20.0 Å². The largest absolute Gasteiger partial charge is 0.481 e. The lowest BCUT2D eigenvalue weighted by atomic mass is 10.3. The van der Waals surface area contributed by atoms with E-state index in [1.54, 1.807) is 4.90 Å². The zero-order valence-electron chi connectivity index (χ0n) is 10.2. The summed E-state index contributed by atoms with van der Waals surface area (Å²) in [5.41, 5.74) is 0. The predicted octanol–water partition coefficient (Wildman–Crippen LogP) is -0.358. The highest BCUT2D eigenvalue weighted by Crippen LogP contribution is 2.00. The molecule has 1 saturated heterocycles. The van der Waals surface area contributed by atoms with Crippen molar-refractivity contribution in [2.24, 2.45) is 0 Å². The second-order valence-corrected chi connectivity index (χ2v) is 4.23. The standard InChI is InChI=1S/C11H20N2O4/c1-12(4-2-3-11(15)16)9-10(14)13-5-7-17-8-6-13/h2-9H2,1H3,(H,15,16). The molecule has 6 nitrogen and oxygen atoms in total. The average Bonchev–Trinajstić information content (AvgIpc) is 2.29. The first-order valence-electron chi connectivity index (χ1n) is 5.85. The molecular formula is C11H20N2O4. The Bertz CT molecular complexity index is 264. The van der Waals surface area contributed by atoms with Crippen LogP contribution >= 0.6 is 0 Å². The normalized spacial score (nSPS) is 16.2. The van der Waals surface area contributed by atoms with Gasteiger partial charge in [0.25, 0.3) is 0 Å². The van der Waals surface area contributed by atoms with Gasteiger partial charge in [-0.1, -0.05) is 0 Å². The fourth-order valence-electron chi connectivity index (χ4n) is 1.72. The van der Waals surface area contributed by atoms with E-state index in [0.717, 1.165) is 0 Å². The number of nitrogens with zero attached hydrogens (tertiary/aromatic N) is 2. The zero-order valence-corrected chi connectivity index (χ0v) is 10.2. The van der Waals surface area contributed by atoms with Gasteiger partial charge in [0, 0.05) is 19.5 Å². The average molecular weight is 244 g/mol. The van der Waals surface area contributed by atoms with E-state index in [1.807, 2.05) is 11.9 Å². The van der Waals surface area contributed by atoms with Crippen LogP contribution in [-0.2, 0) is 14.3 Å². The highest BCUT2D eigenvalue weighted by Gasteiger charge is 2.17. The van der Waals surface area contributed by atoms with Crippen LogP contribution in [0.3, 0.4) is 0 Å². The molecular weight excluding hydrogens is 224 g/mol. The number of likely N-dealkylation sites (N-methyl/N-ethyl adjacent to an activating group) is 1. The van der Waals surface area contributed by atoms with E-state index >= 15 is 0 Å². The van der Waals surface area contributed by atoms with Gasteiger partial charge < -0.3 is 14.7 Å². The van der Waals surface area contributed by atoms with Crippen LogP contribution in [0.25, 0.3) is 0 Å². The number of carboxylic acids is 1. The lowest BCUT2D eigenvalue weighted by Gasteiger charge is -2.28. The number of carbonyl (C=O) groups excluding carboxylic acids is 1. The van der Waals surface area contributed by atoms with Crippen LogP contribution in [0.2, 0.25) is 0 Å². The van der Waals surface area contributed by atoms with E-state index in [0.29, 0.717) is 45.8 Å². The second kappa shape index (κ2) is 7.24. The van der Waals surface area contributed by atoms with E-state index in [4.69, 9.17) is 9.84 Å². The summed E-state index contributed by atoms with van der Waals surface area (Å²) >= 11 is 0. The van der Waals surface area contributed by atoms with Gasteiger partial charge in [0.05, 0.1) is 19.8 Å². The Morgan fingerprint density at radius 1 is 1.35 bits per heavy atom. The molecule has 0 spiro atoms. The molecule has 98 valence electrons. The Labute approximate surface area is 101 Å². The Morgan fingerprint density at radius 2 is 2.00 bits per heavy atom. The van der Waals surface area contributed by atoms with Crippen LogP contribution in [0.5, 0.6) is 0 Å². The summed E-state index contributed by atoms with van der Waals surface area (Å²) in [5, 5.41) is 8.50. The van der Waals surface area contributed by atoms with Crippen molar-refractivity contribution in [3.63, 3.8) is 0 Å². The van der Waals surface area contributed by atoms with Crippen molar-refractivity contribution < 1.29 is 19.4 Å². The maximum atomic E-state index is 11.8. The lowest BCUT2D eigenvalue weighted by molar-refractivity contribution is -0.137. The van der Waals surface area contributed by atoms with E-state index in [1.165, 1.54) is 0 Å². The smallest absolute Gasteiger partial charge is 0.303 e. The zero-order chi connectivity index (χ0) is 12.7. The van der Waals surface area contributed by atoms with Crippen molar-refractivity contribution in [2.45, 2.75) is 12.8 Å². The highest BCUT2D eigenvalue weighted by molar-refractivity contribution is 5.78. The molecule has 0 aliphatic carbocycles. The molecule has 0 saturated carbocycles. The minimum Gasteiger partial charge on any atom is -0.481 e. The Morgan fingerprint density at radius 3 is 2.59 bits per heavy atom. The van der Waals surface area contributed by atoms with E-state index in [2.05, 4.69) is 0 Å². The van der Waals surface area contributed by atoms with Crippen LogP contribution in [-0.4, -0.2) is 73.2 Å². The summed E-state index contributed by atoms with van der Waals surface area (Å²) < 4.78 is 5.17. The van der Waals surface area contributed by atoms with Gasteiger partial charge in [-0.25, -0.2) is 0 Å². The van der Waals surface area contributed by atoms with Gasteiger partial charge in [-0.2, -0.15) is 0 Å². The fraction of sp³-hybridized carbons (Fsp3) is 0.818. The monoisotopic (exact) mass is 244 g/mol. The molecule has 1 aliphatic rings. The quantitative estimate of drug-likeness (QED) is 0.691. The molecule has 6 heteroatoms. The Hall–Kier alpha value is -1.14. The van der Waals surface area contributed by atoms with Crippen LogP contribution in [0.4, 0.5) is 0 Å². The lowest BCUT2D eigenvalue weighted by Crippen LogP contribution is -2.45. The molecule has 0 radical (unpaired) electrons. The number of rotatable bonds is 6. The first-order chi connectivity index (χ1) is 8.09. The van der Waals surface area contributed by atoms with Crippen molar-refractivity contribution in [1.82, 2.24) is 9.80 Å². The SMILES string of the molecule is CN(CCCC(=O)O)CC(=O)N1CCOCC1. The summed E-state index contributed by atoms with van der Waals surface area (Å²) in [5.74, 6) is -0.705. The molecule has 0 bridgehead atoms. The first kappa shape index (κ1) is 13.9. The molecule has 0 atom stereocenters. The van der Waals surface area contributed by atoms with Gasteiger partial charge in [-0.15, -0.1) is 0 Å². The number of amides is 1. The first-order valence-corrected chi connectivity index (χ1v) is 5.85. The number of morpholine rings is 1. The molecule has 17 heavy (non-hydrogen) atoms. The molecule has 1 fully saturated rings. The molecule has 0 unspecified atom stereocenters. The highest BCUT2D eigenvalue weighted by atomic mass is 16.5. The molecule has 0 aromatic carbocycles. The second-order valence-electron chi connectivity index (χ2n) is 4.23. The summed E-state index contributed by atoms with van der Waals surface area (Å²) in [6, 6.07) is 0. The number of hydrogen-bond acceptors (Lipinski definition) is 4. The van der Waals surface area contributed by atoms with Crippen LogP contribution in [0, 0.1) is 0 Å². The summed E-state index contributed by atoms with van der Waals surface area (Å²) in [6.45, 7) is 3.49. The predicted molar refractivity (Wildman–Crippen MR) is 61.8 cm³/mol. The maximum absolute atomic E-state index is 11.8. The third-order valence-electron chi connectivity index (χ3n) is 2.70. The molecule has 1 rings (SSSR count). The maximum Gasteiger partial charge on any atom is 0.303 e. The number of hydrogen-bond donors (Lipinski definition) is 1. The number of carbonyl (C=O) groups is 2. The number of ether oxygens (including phenoxy) is 1. The van der Waals surface area contributed by atoms with Crippen molar-refractivity contribution in [1.29, 1.82) is 0 Å². The van der Waals surface area contributed by atoms with Crippen molar-refractivity contribution in [2.75, 3.05) is 46.4 Å². The molecule has 1 heterocycles. The summed E-state index contributed by atoms with van der Waals surface area (Å²) in [7, 11) is 1.83. The molecule has 0 aromatic heterocycles. The van der Waals surface area contributed by atoms with Gasteiger partial charge in [0.15, 0.2) is 0 Å².